The molecule has 0 unspecified atom stereocenters. The quantitative estimate of drug-likeness (QED) is 0.560. The molecule has 0 aliphatic carbocycles. The van der Waals surface area contributed by atoms with Crippen molar-refractivity contribution in [2.75, 3.05) is 47.9 Å². The van der Waals surface area contributed by atoms with E-state index in [1.165, 1.54) is 18.4 Å². The van der Waals surface area contributed by atoms with Crippen LogP contribution in [0.1, 0.15) is 25.3 Å². The molecule has 0 aromatic heterocycles. The number of rotatable bonds is 9. The summed E-state index contributed by atoms with van der Waals surface area (Å²) in [5, 5.41) is 3.41. The Kier molecular flexibility index (Phi) is 9.14. The van der Waals surface area contributed by atoms with E-state index in [0.29, 0.717) is 6.61 Å². The lowest BCUT2D eigenvalue weighted by Crippen LogP contribution is -2.38. The number of benzene rings is 1. The number of hydrogen-bond acceptors (Lipinski definition) is 3. The van der Waals surface area contributed by atoms with Crippen molar-refractivity contribution in [1.29, 1.82) is 0 Å². The third kappa shape index (κ3) is 7.88. The summed E-state index contributed by atoms with van der Waals surface area (Å²) in [7, 11) is 7.99. The molecule has 130 valence electrons. The van der Waals surface area contributed by atoms with E-state index in [-0.39, 0.29) is 0 Å². The van der Waals surface area contributed by atoms with E-state index in [1.54, 1.807) is 0 Å². The van der Waals surface area contributed by atoms with Crippen molar-refractivity contribution in [1.82, 2.24) is 15.1 Å². The van der Waals surface area contributed by atoms with Crippen LogP contribution in [0.25, 0.3) is 0 Å². The molecule has 5 heteroatoms. The predicted molar refractivity (Wildman–Crippen MR) is 98.2 cm³/mol. The molecule has 5 nitrogen and oxygen atoms in total. The minimum absolute atomic E-state index is 0.700. The standard InChI is InChI=1S/C18H32N4O/c1-6-7-11-22(5)18(19-2)20-15-16-9-8-10-17(14-16)23-13-12-21(3)4/h8-10,14H,6-7,11-13,15H2,1-5H3,(H,19,20). The van der Waals surface area contributed by atoms with Gasteiger partial charge in [-0.25, -0.2) is 0 Å². The van der Waals surface area contributed by atoms with Gasteiger partial charge in [0.15, 0.2) is 5.96 Å². The van der Waals surface area contributed by atoms with E-state index in [0.717, 1.165) is 31.3 Å². The second kappa shape index (κ2) is 10.9. The predicted octanol–water partition coefficient (Wildman–Crippen LogP) is 2.43. The van der Waals surface area contributed by atoms with E-state index < -0.39 is 0 Å². The third-order valence-corrected chi connectivity index (χ3v) is 3.58. The van der Waals surface area contributed by atoms with Gasteiger partial charge in [0.05, 0.1) is 0 Å². The van der Waals surface area contributed by atoms with E-state index >= 15 is 0 Å². The number of hydrogen-bond donors (Lipinski definition) is 1. The van der Waals surface area contributed by atoms with Gasteiger partial charge in [0, 0.05) is 33.7 Å². The van der Waals surface area contributed by atoms with Gasteiger partial charge in [0.2, 0.25) is 0 Å². The minimum Gasteiger partial charge on any atom is -0.492 e. The molecule has 0 aliphatic rings. The van der Waals surface area contributed by atoms with Crippen LogP contribution in [0, 0.1) is 0 Å². The van der Waals surface area contributed by atoms with Crippen LogP contribution in [0.15, 0.2) is 29.3 Å². The average molecular weight is 320 g/mol. The van der Waals surface area contributed by atoms with Crippen LogP contribution in [0.2, 0.25) is 0 Å². The van der Waals surface area contributed by atoms with Gasteiger partial charge in [-0.05, 0) is 38.2 Å². The van der Waals surface area contributed by atoms with Gasteiger partial charge in [0.1, 0.15) is 12.4 Å². The monoisotopic (exact) mass is 320 g/mol. The SMILES string of the molecule is CCCCN(C)C(=NC)NCc1cccc(OCCN(C)C)c1. The highest BCUT2D eigenvalue weighted by molar-refractivity contribution is 5.79. The second-order valence-corrected chi connectivity index (χ2v) is 5.98. The summed E-state index contributed by atoms with van der Waals surface area (Å²) in [6.45, 7) is 5.58. The van der Waals surface area contributed by atoms with Crippen molar-refractivity contribution in [3.63, 3.8) is 0 Å². The Morgan fingerprint density at radius 2 is 2.00 bits per heavy atom. The first-order valence-electron chi connectivity index (χ1n) is 8.35. The van der Waals surface area contributed by atoms with Crippen molar-refractivity contribution in [2.24, 2.45) is 4.99 Å². The Hall–Kier alpha value is -1.75. The van der Waals surface area contributed by atoms with Crippen LogP contribution in [0.5, 0.6) is 5.75 Å². The molecular formula is C18H32N4O. The first-order valence-corrected chi connectivity index (χ1v) is 8.35. The molecule has 0 atom stereocenters. The smallest absolute Gasteiger partial charge is 0.193 e. The Morgan fingerprint density at radius 3 is 2.65 bits per heavy atom. The van der Waals surface area contributed by atoms with Crippen molar-refractivity contribution in [3.8, 4) is 5.75 Å². The number of aliphatic imine (C=N–C) groups is 1. The zero-order valence-corrected chi connectivity index (χ0v) is 15.3. The van der Waals surface area contributed by atoms with Crippen molar-refractivity contribution < 1.29 is 4.74 Å². The molecule has 1 rings (SSSR count). The zero-order chi connectivity index (χ0) is 17.1. The molecule has 23 heavy (non-hydrogen) atoms. The lowest BCUT2D eigenvalue weighted by molar-refractivity contribution is 0.261. The maximum absolute atomic E-state index is 5.78. The highest BCUT2D eigenvalue weighted by Crippen LogP contribution is 2.13. The zero-order valence-electron chi connectivity index (χ0n) is 15.3. The number of nitrogens with one attached hydrogen (secondary N) is 1. The number of likely N-dealkylation sites (N-methyl/N-ethyl adjacent to an activating group) is 1. The van der Waals surface area contributed by atoms with Gasteiger partial charge in [-0.1, -0.05) is 25.5 Å². The molecule has 0 fully saturated rings. The number of nitrogens with zero attached hydrogens (tertiary/aromatic N) is 3. The fourth-order valence-corrected chi connectivity index (χ4v) is 2.16. The van der Waals surface area contributed by atoms with Gasteiger partial charge in [-0.2, -0.15) is 0 Å². The fraction of sp³-hybridized carbons (Fsp3) is 0.611. The van der Waals surface area contributed by atoms with Crippen LogP contribution >= 0.6 is 0 Å². The van der Waals surface area contributed by atoms with Crippen LogP contribution in [0.4, 0.5) is 0 Å². The largest absolute Gasteiger partial charge is 0.492 e. The van der Waals surface area contributed by atoms with Gasteiger partial charge < -0.3 is 19.9 Å². The van der Waals surface area contributed by atoms with E-state index in [2.05, 4.69) is 46.2 Å². The Bertz CT molecular complexity index is 474. The molecule has 1 aromatic rings. The lowest BCUT2D eigenvalue weighted by Gasteiger charge is -2.22. The molecule has 0 aliphatic heterocycles. The molecule has 0 amide bonds. The molecule has 0 bridgehead atoms. The third-order valence-electron chi connectivity index (χ3n) is 3.58. The van der Waals surface area contributed by atoms with E-state index in [9.17, 15) is 0 Å². The molecule has 1 N–H and O–H groups in total. The van der Waals surface area contributed by atoms with Crippen molar-refractivity contribution in [3.05, 3.63) is 29.8 Å². The Balaban J connectivity index is 2.50. The summed E-state index contributed by atoms with van der Waals surface area (Å²) in [6, 6.07) is 8.22. The molecule has 0 saturated heterocycles. The summed E-state index contributed by atoms with van der Waals surface area (Å²) in [4.78, 5) is 8.62. The first kappa shape index (κ1) is 19.3. The van der Waals surface area contributed by atoms with E-state index in [4.69, 9.17) is 4.74 Å². The molecule has 0 saturated carbocycles. The van der Waals surface area contributed by atoms with Gasteiger partial charge in [0.25, 0.3) is 0 Å². The highest BCUT2D eigenvalue weighted by atomic mass is 16.5. The summed E-state index contributed by atoms with van der Waals surface area (Å²) in [5.41, 5.74) is 1.19. The summed E-state index contributed by atoms with van der Waals surface area (Å²) < 4.78 is 5.78. The van der Waals surface area contributed by atoms with E-state index in [1.807, 2.05) is 33.3 Å². The number of ether oxygens (including phenoxy) is 1. The molecule has 0 heterocycles. The van der Waals surface area contributed by atoms with Crippen LogP contribution in [-0.4, -0.2) is 63.6 Å². The molecule has 1 aromatic carbocycles. The van der Waals surface area contributed by atoms with Gasteiger partial charge >= 0.3 is 0 Å². The van der Waals surface area contributed by atoms with Crippen LogP contribution < -0.4 is 10.1 Å². The molecule has 0 spiro atoms. The van der Waals surface area contributed by atoms with Crippen molar-refractivity contribution in [2.45, 2.75) is 26.3 Å². The summed E-state index contributed by atoms with van der Waals surface area (Å²) in [6.07, 6.45) is 2.36. The van der Waals surface area contributed by atoms with Gasteiger partial charge in [-0.3, -0.25) is 4.99 Å². The lowest BCUT2D eigenvalue weighted by atomic mass is 10.2. The highest BCUT2D eigenvalue weighted by Gasteiger charge is 2.05. The maximum Gasteiger partial charge on any atom is 0.193 e. The minimum atomic E-state index is 0.700. The molecular weight excluding hydrogens is 288 g/mol. The first-order chi connectivity index (χ1) is 11.1. The Morgan fingerprint density at radius 1 is 1.22 bits per heavy atom. The second-order valence-electron chi connectivity index (χ2n) is 5.98. The normalized spacial score (nSPS) is 11.7. The van der Waals surface area contributed by atoms with Crippen molar-refractivity contribution >= 4 is 5.96 Å². The topological polar surface area (TPSA) is 40.1 Å². The number of unbranched alkanes of at least 4 members (excludes halogenated alkanes) is 1. The van der Waals surface area contributed by atoms with Crippen LogP contribution in [0.3, 0.4) is 0 Å². The summed E-state index contributed by atoms with van der Waals surface area (Å²) in [5.74, 6) is 1.85. The summed E-state index contributed by atoms with van der Waals surface area (Å²) >= 11 is 0. The average Bonchev–Trinajstić information content (AvgIpc) is 2.53. The number of guanidine groups is 1. The Labute approximate surface area is 141 Å². The van der Waals surface area contributed by atoms with Gasteiger partial charge in [-0.15, -0.1) is 0 Å². The van der Waals surface area contributed by atoms with Crippen LogP contribution in [-0.2, 0) is 6.54 Å². The maximum atomic E-state index is 5.78. The molecule has 0 radical (unpaired) electrons. The fourth-order valence-electron chi connectivity index (χ4n) is 2.16.